The highest BCUT2D eigenvalue weighted by Gasteiger charge is 2.39. The number of amides is 1. The average Bonchev–Trinajstić information content (AvgIpc) is 3.65. The Hall–Kier alpha value is -2.25. The molecule has 11 nitrogen and oxygen atoms in total. The zero-order valence-electron chi connectivity index (χ0n) is 19.2. The molecule has 186 valence electrons. The minimum absolute atomic E-state index is 0.0767. The number of carbonyl (C=O) groups excluding carboxylic acids is 1. The average molecular weight is 477 g/mol. The molecule has 5 N–H and O–H groups in total. The first kappa shape index (κ1) is 23.5. The Kier molecular flexibility index (Phi) is 7.02. The van der Waals surface area contributed by atoms with Crippen LogP contribution < -0.4 is 26.6 Å². The lowest BCUT2D eigenvalue weighted by atomic mass is 9.99. The molecule has 12 heteroatoms. The van der Waals surface area contributed by atoms with Gasteiger partial charge in [0, 0.05) is 45.5 Å². The van der Waals surface area contributed by atoms with Crippen LogP contribution in [-0.4, -0.2) is 92.8 Å². The highest BCUT2D eigenvalue weighted by molar-refractivity contribution is 5.97. The second-order valence-corrected chi connectivity index (χ2v) is 9.62. The van der Waals surface area contributed by atoms with Gasteiger partial charge in [-0.25, -0.2) is 4.39 Å². The van der Waals surface area contributed by atoms with Crippen LogP contribution >= 0.6 is 0 Å². The summed E-state index contributed by atoms with van der Waals surface area (Å²) in [7, 11) is 0. The van der Waals surface area contributed by atoms with E-state index in [4.69, 9.17) is 10.5 Å². The number of nitrogens with two attached hydrogens (primary N) is 1. The molecule has 34 heavy (non-hydrogen) atoms. The maximum absolute atomic E-state index is 13.6. The standard InChI is InChI=1S/C22H33FN8O3/c23-14-7-26-21(27-8-14)18(20(24)29-33)22(32)28-17-10-25-9-16(13-1-2-13)19(17)31-5-3-30(4-6-31)15-11-34-12-15/h9-10,13-15,18,20-21,26-27H,1-8,11-12,24H2,(H,28,32). The molecule has 4 heterocycles. The molecule has 1 saturated carbocycles. The third-order valence-corrected chi connectivity index (χ3v) is 7.26. The molecule has 2 atom stereocenters. The summed E-state index contributed by atoms with van der Waals surface area (Å²) in [6.45, 7) is 5.27. The number of pyridine rings is 1. The quantitative estimate of drug-likeness (QED) is 0.380. The largest absolute Gasteiger partial charge is 0.378 e. The van der Waals surface area contributed by atoms with Crippen molar-refractivity contribution in [3.05, 3.63) is 22.9 Å². The summed E-state index contributed by atoms with van der Waals surface area (Å²) in [5.74, 6) is -1.01. The van der Waals surface area contributed by atoms with Crippen LogP contribution in [0, 0.1) is 10.8 Å². The molecule has 3 saturated heterocycles. The number of piperazine rings is 1. The molecular formula is C22H33FN8O3. The van der Waals surface area contributed by atoms with Crippen LogP contribution in [0.4, 0.5) is 15.8 Å². The van der Waals surface area contributed by atoms with Gasteiger partial charge in [-0.15, -0.1) is 4.91 Å². The first-order chi connectivity index (χ1) is 16.5. The summed E-state index contributed by atoms with van der Waals surface area (Å²) in [6.07, 6.45) is 2.76. The highest BCUT2D eigenvalue weighted by Crippen LogP contribution is 2.46. The Morgan fingerprint density at radius 1 is 1.21 bits per heavy atom. The molecule has 1 aliphatic carbocycles. The number of hydrogen-bond donors (Lipinski definition) is 4. The molecule has 0 radical (unpaired) electrons. The molecular weight excluding hydrogens is 443 g/mol. The molecule has 0 aromatic carbocycles. The highest BCUT2D eigenvalue weighted by atomic mass is 19.1. The number of nitrogens with one attached hydrogen (secondary N) is 3. The molecule has 3 aliphatic heterocycles. The van der Waals surface area contributed by atoms with E-state index in [-0.39, 0.29) is 13.1 Å². The van der Waals surface area contributed by atoms with Gasteiger partial charge < -0.3 is 20.7 Å². The van der Waals surface area contributed by atoms with Crippen LogP contribution in [0.1, 0.15) is 24.3 Å². The van der Waals surface area contributed by atoms with Crippen molar-refractivity contribution in [3.8, 4) is 0 Å². The van der Waals surface area contributed by atoms with Crippen molar-refractivity contribution in [1.82, 2.24) is 20.5 Å². The number of rotatable bonds is 8. The molecule has 1 aromatic rings. The fourth-order valence-electron chi connectivity index (χ4n) is 5.05. The minimum Gasteiger partial charge on any atom is -0.378 e. The van der Waals surface area contributed by atoms with Crippen molar-refractivity contribution in [2.75, 3.05) is 62.7 Å². The van der Waals surface area contributed by atoms with E-state index in [1.807, 2.05) is 6.20 Å². The zero-order chi connectivity index (χ0) is 23.7. The van der Waals surface area contributed by atoms with E-state index in [9.17, 15) is 14.1 Å². The Labute approximate surface area is 197 Å². The van der Waals surface area contributed by atoms with Crippen molar-refractivity contribution in [3.63, 3.8) is 0 Å². The Bertz CT molecular complexity index is 883. The van der Waals surface area contributed by atoms with E-state index < -0.39 is 30.3 Å². The number of aromatic nitrogens is 1. The predicted octanol–water partition coefficient (Wildman–Crippen LogP) is -0.0573. The molecule has 4 fully saturated rings. The number of nitroso groups, excluding NO2 is 1. The number of halogens is 1. The van der Waals surface area contributed by atoms with Gasteiger partial charge in [-0.1, -0.05) is 5.18 Å². The van der Waals surface area contributed by atoms with Gasteiger partial charge in [0.1, 0.15) is 12.1 Å². The van der Waals surface area contributed by atoms with E-state index in [1.165, 1.54) is 0 Å². The minimum atomic E-state index is -1.28. The van der Waals surface area contributed by atoms with Gasteiger partial charge in [0.05, 0.1) is 43.0 Å². The maximum atomic E-state index is 13.6. The van der Waals surface area contributed by atoms with Crippen molar-refractivity contribution in [1.29, 1.82) is 0 Å². The van der Waals surface area contributed by atoms with Gasteiger partial charge in [0.2, 0.25) is 5.91 Å². The zero-order valence-corrected chi connectivity index (χ0v) is 19.2. The van der Waals surface area contributed by atoms with Crippen molar-refractivity contribution >= 4 is 17.3 Å². The topological polar surface area (TPSA) is 137 Å². The second-order valence-electron chi connectivity index (χ2n) is 9.62. The summed E-state index contributed by atoms with van der Waals surface area (Å²) in [5, 5.41) is 11.7. The van der Waals surface area contributed by atoms with Gasteiger partial charge >= 0.3 is 0 Å². The third kappa shape index (κ3) is 4.91. The van der Waals surface area contributed by atoms with E-state index >= 15 is 0 Å². The van der Waals surface area contributed by atoms with E-state index in [2.05, 4.69) is 35.9 Å². The van der Waals surface area contributed by atoms with Crippen LogP contribution in [-0.2, 0) is 9.53 Å². The fraction of sp³-hybridized carbons (Fsp3) is 0.727. The van der Waals surface area contributed by atoms with Gasteiger partial charge in [-0.3, -0.25) is 25.3 Å². The number of anilines is 2. The molecule has 4 aliphatic rings. The number of ether oxygens (including phenoxy) is 1. The molecule has 5 rings (SSSR count). The van der Waals surface area contributed by atoms with Gasteiger partial charge in [-0.05, 0) is 24.3 Å². The number of nitrogens with zero attached hydrogens (tertiary/aromatic N) is 4. The smallest absolute Gasteiger partial charge is 0.234 e. The first-order valence-corrected chi connectivity index (χ1v) is 12.1. The van der Waals surface area contributed by atoms with Gasteiger partial charge in [-0.2, -0.15) is 0 Å². The van der Waals surface area contributed by atoms with E-state index in [0.29, 0.717) is 17.6 Å². The molecule has 0 spiro atoms. The van der Waals surface area contributed by atoms with Crippen molar-refractivity contribution in [2.24, 2.45) is 16.8 Å². The van der Waals surface area contributed by atoms with Crippen molar-refractivity contribution in [2.45, 2.75) is 43.3 Å². The molecule has 2 unspecified atom stereocenters. The Balaban J connectivity index is 1.36. The monoisotopic (exact) mass is 476 g/mol. The summed E-state index contributed by atoms with van der Waals surface area (Å²) >= 11 is 0. The molecule has 1 aromatic heterocycles. The molecule has 0 bridgehead atoms. The lowest BCUT2D eigenvalue weighted by Gasteiger charge is -2.44. The lowest BCUT2D eigenvalue weighted by Crippen LogP contribution is -2.62. The number of alkyl halides is 1. The van der Waals surface area contributed by atoms with Gasteiger partial charge in [0.15, 0.2) is 6.17 Å². The van der Waals surface area contributed by atoms with Crippen LogP contribution in [0.15, 0.2) is 17.6 Å². The molecule has 1 amide bonds. The summed E-state index contributed by atoms with van der Waals surface area (Å²) in [4.78, 5) is 33.8. The van der Waals surface area contributed by atoms with E-state index in [0.717, 1.165) is 63.5 Å². The third-order valence-electron chi connectivity index (χ3n) is 7.26. The van der Waals surface area contributed by atoms with Crippen molar-refractivity contribution < 1.29 is 13.9 Å². The maximum Gasteiger partial charge on any atom is 0.234 e. The summed E-state index contributed by atoms with van der Waals surface area (Å²) in [6, 6.07) is 0.499. The normalized spacial score (nSPS) is 28.1. The van der Waals surface area contributed by atoms with Gasteiger partial charge in [0.25, 0.3) is 0 Å². The number of carbonyl (C=O) groups is 1. The second kappa shape index (κ2) is 10.2. The summed E-state index contributed by atoms with van der Waals surface area (Å²) < 4.78 is 18.9. The van der Waals surface area contributed by atoms with Crippen LogP contribution in [0.25, 0.3) is 0 Å². The lowest BCUT2D eigenvalue weighted by molar-refractivity contribution is -0.122. The Morgan fingerprint density at radius 3 is 2.50 bits per heavy atom. The SMILES string of the molecule is NC(N=O)C(C(=O)Nc1cncc(C2CC2)c1N1CCN(C2COC2)CC1)C1NCC(F)CN1. The number of hydrogen-bond acceptors (Lipinski definition) is 10. The Morgan fingerprint density at radius 2 is 1.91 bits per heavy atom. The van der Waals surface area contributed by atoms with E-state index in [1.54, 1.807) is 6.20 Å². The van der Waals surface area contributed by atoms with Crippen LogP contribution in [0.3, 0.4) is 0 Å². The fourth-order valence-corrected chi connectivity index (χ4v) is 5.05. The van der Waals surface area contributed by atoms with Crippen LogP contribution in [0.2, 0.25) is 0 Å². The predicted molar refractivity (Wildman–Crippen MR) is 125 cm³/mol. The first-order valence-electron chi connectivity index (χ1n) is 12.1. The van der Waals surface area contributed by atoms with Crippen LogP contribution in [0.5, 0.6) is 0 Å². The summed E-state index contributed by atoms with van der Waals surface area (Å²) in [5.41, 5.74) is 8.66.